The van der Waals surface area contributed by atoms with E-state index in [-0.39, 0.29) is 5.41 Å². The SMILES string of the molecule is CC(C)(C)c1nc2ccc(NC3CC4CCC3C4)cc2[nH]1. The van der Waals surface area contributed by atoms with Gasteiger partial charge in [-0.05, 0) is 49.3 Å². The van der Waals surface area contributed by atoms with Crippen LogP contribution in [-0.2, 0) is 5.41 Å². The molecule has 1 aromatic carbocycles. The first-order valence-electron chi connectivity index (χ1n) is 8.26. The lowest BCUT2D eigenvalue weighted by atomic mass is 9.95. The number of H-pyrrole nitrogens is 1. The molecule has 2 aliphatic carbocycles. The number of imidazole rings is 1. The summed E-state index contributed by atoms with van der Waals surface area (Å²) in [7, 11) is 0. The van der Waals surface area contributed by atoms with E-state index in [1.165, 1.54) is 31.4 Å². The van der Waals surface area contributed by atoms with E-state index in [9.17, 15) is 0 Å². The smallest absolute Gasteiger partial charge is 0.112 e. The molecule has 0 saturated heterocycles. The number of anilines is 1. The zero-order chi connectivity index (χ0) is 14.6. The monoisotopic (exact) mass is 283 g/mol. The van der Waals surface area contributed by atoms with Gasteiger partial charge in [0.15, 0.2) is 0 Å². The van der Waals surface area contributed by atoms with Crippen LogP contribution in [0.5, 0.6) is 0 Å². The van der Waals surface area contributed by atoms with Crippen molar-refractivity contribution in [3.63, 3.8) is 0 Å². The first-order chi connectivity index (χ1) is 9.99. The minimum Gasteiger partial charge on any atom is -0.382 e. The van der Waals surface area contributed by atoms with Crippen molar-refractivity contribution < 1.29 is 0 Å². The number of nitrogens with one attached hydrogen (secondary N) is 2. The Bertz CT molecular complexity index is 665. The van der Waals surface area contributed by atoms with Crippen LogP contribution in [0.4, 0.5) is 5.69 Å². The molecule has 1 aromatic heterocycles. The lowest BCUT2D eigenvalue weighted by Gasteiger charge is -2.24. The molecule has 2 aliphatic rings. The summed E-state index contributed by atoms with van der Waals surface area (Å²) < 4.78 is 0. The van der Waals surface area contributed by atoms with Crippen LogP contribution in [0.15, 0.2) is 18.2 Å². The fraction of sp³-hybridized carbons (Fsp3) is 0.611. The number of hydrogen-bond donors (Lipinski definition) is 2. The van der Waals surface area contributed by atoms with Crippen LogP contribution in [0.1, 0.15) is 52.3 Å². The van der Waals surface area contributed by atoms with Crippen molar-refractivity contribution in [2.24, 2.45) is 11.8 Å². The van der Waals surface area contributed by atoms with E-state index in [0.29, 0.717) is 6.04 Å². The van der Waals surface area contributed by atoms with Crippen LogP contribution < -0.4 is 5.32 Å². The summed E-state index contributed by atoms with van der Waals surface area (Å²) in [5, 5.41) is 3.76. The molecular weight excluding hydrogens is 258 g/mol. The minimum absolute atomic E-state index is 0.0667. The Morgan fingerprint density at radius 3 is 2.71 bits per heavy atom. The first-order valence-corrected chi connectivity index (χ1v) is 8.26. The Morgan fingerprint density at radius 2 is 2.05 bits per heavy atom. The normalized spacial score (nSPS) is 28.4. The van der Waals surface area contributed by atoms with E-state index < -0.39 is 0 Å². The predicted molar refractivity (Wildman–Crippen MR) is 87.7 cm³/mol. The summed E-state index contributed by atoms with van der Waals surface area (Å²) in [5.41, 5.74) is 3.52. The van der Waals surface area contributed by atoms with Gasteiger partial charge in [-0.25, -0.2) is 4.98 Å². The van der Waals surface area contributed by atoms with E-state index in [0.717, 1.165) is 28.7 Å². The molecule has 2 aromatic rings. The summed E-state index contributed by atoms with van der Waals surface area (Å²) >= 11 is 0. The van der Waals surface area contributed by atoms with E-state index in [1.54, 1.807) is 0 Å². The largest absolute Gasteiger partial charge is 0.382 e. The maximum absolute atomic E-state index is 4.71. The maximum Gasteiger partial charge on any atom is 0.112 e. The van der Waals surface area contributed by atoms with Gasteiger partial charge < -0.3 is 10.3 Å². The summed E-state index contributed by atoms with van der Waals surface area (Å²) in [6.45, 7) is 6.58. The number of fused-ring (bicyclic) bond motifs is 3. The Labute approximate surface area is 126 Å². The molecule has 0 spiro atoms. The van der Waals surface area contributed by atoms with Crippen molar-refractivity contribution in [2.75, 3.05) is 5.32 Å². The quantitative estimate of drug-likeness (QED) is 0.854. The van der Waals surface area contributed by atoms with Gasteiger partial charge in [0.25, 0.3) is 0 Å². The molecule has 2 saturated carbocycles. The lowest BCUT2D eigenvalue weighted by Crippen LogP contribution is -2.25. The van der Waals surface area contributed by atoms with E-state index in [1.807, 2.05) is 0 Å². The van der Waals surface area contributed by atoms with Gasteiger partial charge in [-0.2, -0.15) is 0 Å². The molecule has 3 heteroatoms. The van der Waals surface area contributed by atoms with Crippen LogP contribution in [0.25, 0.3) is 11.0 Å². The molecule has 3 unspecified atom stereocenters. The van der Waals surface area contributed by atoms with Crippen molar-refractivity contribution in [2.45, 2.75) is 57.9 Å². The zero-order valence-electron chi connectivity index (χ0n) is 13.2. The molecule has 0 amide bonds. The second-order valence-electron chi connectivity index (χ2n) is 7.99. The summed E-state index contributed by atoms with van der Waals surface area (Å²) in [6, 6.07) is 7.23. The third-order valence-electron chi connectivity index (χ3n) is 5.28. The van der Waals surface area contributed by atoms with Gasteiger partial charge in [0.2, 0.25) is 0 Å². The van der Waals surface area contributed by atoms with Gasteiger partial charge in [0.05, 0.1) is 11.0 Å². The summed E-state index contributed by atoms with van der Waals surface area (Å²) in [6.07, 6.45) is 5.68. The van der Waals surface area contributed by atoms with Crippen molar-refractivity contribution in [3.8, 4) is 0 Å². The Kier molecular flexibility index (Phi) is 2.82. The molecule has 21 heavy (non-hydrogen) atoms. The molecule has 3 atom stereocenters. The first kappa shape index (κ1) is 13.2. The molecule has 2 N–H and O–H groups in total. The Balaban J connectivity index is 1.59. The van der Waals surface area contributed by atoms with Crippen molar-refractivity contribution in [1.82, 2.24) is 9.97 Å². The number of rotatable bonds is 2. The molecule has 2 bridgehead atoms. The minimum atomic E-state index is 0.0667. The molecule has 3 nitrogen and oxygen atoms in total. The average Bonchev–Trinajstić information content (AvgIpc) is 3.11. The molecular formula is C18H25N3. The highest BCUT2D eigenvalue weighted by Crippen LogP contribution is 2.45. The fourth-order valence-corrected chi connectivity index (χ4v) is 4.09. The zero-order valence-corrected chi connectivity index (χ0v) is 13.2. The second-order valence-corrected chi connectivity index (χ2v) is 7.99. The number of nitrogens with zero attached hydrogens (tertiary/aromatic N) is 1. The van der Waals surface area contributed by atoms with E-state index in [4.69, 9.17) is 4.98 Å². The highest BCUT2D eigenvalue weighted by atomic mass is 15.0. The second kappa shape index (κ2) is 4.49. The lowest BCUT2D eigenvalue weighted by molar-refractivity contribution is 0.440. The van der Waals surface area contributed by atoms with Gasteiger partial charge in [-0.15, -0.1) is 0 Å². The van der Waals surface area contributed by atoms with Crippen LogP contribution >= 0.6 is 0 Å². The number of aromatic amines is 1. The van der Waals surface area contributed by atoms with Crippen LogP contribution in [0, 0.1) is 11.8 Å². The predicted octanol–water partition coefficient (Wildman–Crippen LogP) is 4.46. The maximum atomic E-state index is 4.71. The Morgan fingerprint density at radius 1 is 1.19 bits per heavy atom. The van der Waals surface area contributed by atoms with Gasteiger partial charge >= 0.3 is 0 Å². The summed E-state index contributed by atoms with van der Waals surface area (Å²) in [5.74, 6) is 2.95. The van der Waals surface area contributed by atoms with Crippen LogP contribution in [-0.4, -0.2) is 16.0 Å². The van der Waals surface area contributed by atoms with Gasteiger partial charge in [0, 0.05) is 17.1 Å². The number of hydrogen-bond acceptors (Lipinski definition) is 2. The number of aromatic nitrogens is 2. The third kappa shape index (κ3) is 2.33. The van der Waals surface area contributed by atoms with Crippen molar-refractivity contribution in [1.29, 1.82) is 0 Å². The topological polar surface area (TPSA) is 40.7 Å². The summed E-state index contributed by atoms with van der Waals surface area (Å²) in [4.78, 5) is 8.20. The van der Waals surface area contributed by atoms with Gasteiger partial charge in [-0.3, -0.25) is 0 Å². The van der Waals surface area contributed by atoms with E-state index in [2.05, 4.69) is 49.3 Å². The third-order valence-corrected chi connectivity index (χ3v) is 5.28. The molecule has 2 fully saturated rings. The van der Waals surface area contributed by atoms with Crippen LogP contribution in [0.2, 0.25) is 0 Å². The molecule has 1 heterocycles. The standard InChI is InChI=1S/C18H25N3/c1-18(2,3)17-20-14-7-6-13(10-16(14)21-17)19-15-9-11-4-5-12(15)8-11/h6-7,10-12,15,19H,4-5,8-9H2,1-3H3,(H,20,21). The van der Waals surface area contributed by atoms with E-state index >= 15 is 0 Å². The average molecular weight is 283 g/mol. The molecule has 0 radical (unpaired) electrons. The van der Waals surface area contributed by atoms with Crippen molar-refractivity contribution >= 4 is 16.7 Å². The highest BCUT2D eigenvalue weighted by molar-refractivity contribution is 5.79. The van der Waals surface area contributed by atoms with Gasteiger partial charge in [0.1, 0.15) is 5.82 Å². The number of benzene rings is 1. The Hall–Kier alpha value is -1.51. The highest BCUT2D eigenvalue weighted by Gasteiger charge is 2.39. The van der Waals surface area contributed by atoms with Crippen LogP contribution in [0.3, 0.4) is 0 Å². The van der Waals surface area contributed by atoms with Gasteiger partial charge in [-0.1, -0.05) is 27.2 Å². The molecule has 112 valence electrons. The molecule has 4 rings (SSSR count). The fourth-order valence-electron chi connectivity index (χ4n) is 4.09. The molecule has 0 aliphatic heterocycles. The van der Waals surface area contributed by atoms with Crippen molar-refractivity contribution in [3.05, 3.63) is 24.0 Å².